The Hall–Kier alpha value is -1.52. The predicted molar refractivity (Wildman–Crippen MR) is 82.7 cm³/mol. The van der Waals surface area contributed by atoms with Crippen molar-refractivity contribution in [2.45, 2.75) is 6.92 Å². The van der Waals surface area contributed by atoms with Crippen LogP contribution in [0.2, 0.25) is 5.02 Å². The third-order valence-electron chi connectivity index (χ3n) is 2.71. The molecule has 98 valence electrons. The molecule has 0 spiro atoms. The van der Waals surface area contributed by atoms with Crippen molar-refractivity contribution in [3.05, 3.63) is 57.0 Å². The van der Waals surface area contributed by atoms with Crippen LogP contribution < -0.4 is 11.1 Å². The van der Waals surface area contributed by atoms with Gasteiger partial charge in [0.25, 0.3) is 5.91 Å². The van der Waals surface area contributed by atoms with Gasteiger partial charge in [0.2, 0.25) is 0 Å². The zero-order chi connectivity index (χ0) is 14.0. The first kappa shape index (κ1) is 13.9. The Bertz CT molecular complexity index is 623. The molecule has 19 heavy (non-hydrogen) atoms. The van der Waals surface area contributed by atoms with E-state index in [1.807, 2.05) is 19.1 Å². The monoisotopic (exact) mass is 338 g/mol. The van der Waals surface area contributed by atoms with E-state index < -0.39 is 0 Å². The highest BCUT2D eigenvalue weighted by Gasteiger charge is 2.13. The van der Waals surface area contributed by atoms with Crippen LogP contribution in [-0.2, 0) is 0 Å². The molecule has 0 heterocycles. The van der Waals surface area contributed by atoms with E-state index in [1.54, 1.807) is 24.3 Å². The van der Waals surface area contributed by atoms with Gasteiger partial charge in [-0.1, -0.05) is 23.7 Å². The van der Waals surface area contributed by atoms with Crippen LogP contribution in [-0.4, -0.2) is 5.91 Å². The van der Waals surface area contributed by atoms with Crippen molar-refractivity contribution in [1.29, 1.82) is 0 Å². The van der Waals surface area contributed by atoms with Crippen LogP contribution in [0.25, 0.3) is 0 Å². The first-order chi connectivity index (χ1) is 8.99. The van der Waals surface area contributed by atoms with Crippen molar-refractivity contribution in [3.8, 4) is 0 Å². The van der Waals surface area contributed by atoms with Crippen molar-refractivity contribution in [1.82, 2.24) is 0 Å². The van der Waals surface area contributed by atoms with Gasteiger partial charge >= 0.3 is 0 Å². The second-order valence-electron chi connectivity index (χ2n) is 4.12. The number of nitrogens with one attached hydrogen (secondary N) is 1. The summed E-state index contributed by atoms with van der Waals surface area (Å²) >= 11 is 9.28. The quantitative estimate of drug-likeness (QED) is 0.804. The van der Waals surface area contributed by atoms with Gasteiger partial charge < -0.3 is 11.1 Å². The number of carbonyl (C=O) groups is 1. The van der Waals surface area contributed by atoms with Crippen molar-refractivity contribution in [2.75, 3.05) is 11.1 Å². The number of halogens is 2. The molecule has 5 heteroatoms. The Kier molecular flexibility index (Phi) is 4.12. The fourth-order valence-electron chi connectivity index (χ4n) is 1.77. The lowest BCUT2D eigenvalue weighted by molar-refractivity contribution is 0.102. The van der Waals surface area contributed by atoms with Gasteiger partial charge in [0.1, 0.15) is 0 Å². The minimum absolute atomic E-state index is 0.242. The molecule has 3 N–H and O–H groups in total. The molecule has 0 bridgehead atoms. The van der Waals surface area contributed by atoms with E-state index in [2.05, 4.69) is 21.2 Å². The number of nitrogen functional groups attached to an aromatic ring is 1. The summed E-state index contributed by atoms with van der Waals surface area (Å²) in [6, 6.07) is 10.6. The van der Waals surface area contributed by atoms with Gasteiger partial charge in [0, 0.05) is 15.8 Å². The maximum absolute atomic E-state index is 12.2. The van der Waals surface area contributed by atoms with E-state index in [1.165, 1.54) is 0 Å². The highest BCUT2D eigenvalue weighted by molar-refractivity contribution is 9.10. The number of anilines is 2. The number of carbonyl (C=O) groups excluding carboxylic acids is 1. The van der Waals surface area contributed by atoms with Crippen molar-refractivity contribution in [2.24, 2.45) is 0 Å². The van der Waals surface area contributed by atoms with E-state index in [9.17, 15) is 4.79 Å². The van der Waals surface area contributed by atoms with Crippen LogP contribution in [0.4, 0.5) is 11.4 Å². The molecule has 1 amide bonds. The molecule has 2 rings (SSSR count). The van der Waals surface area contributed by atoms with E-state index in [0.29, 0.717) is 22.0 Å². The first-order valence-corrected chi connectivity index (χ1v) is 6.77. The Labute approximate surface area is 124 Å². The molecule has 0 radical (unpaired) electrons. The Morgan fingerprint density at radius 1 is 1.32 bits per heavy atom. The molecule has 0 saturated heterocycles. The molecule has 2 aromatic carbocycles. The highest BCUT2D eigenvalue weighted by atomic mass is 79.9. The zero-order valence-electron chi connectivity index (χ0n) is 10.2. The minimum Gasteiger partial charge on any atom is -0.398 e. The van der Waals surface area contributed by atoms with Gasteiger partial charge in [-0.3, -0.25) is 4.79 Å². The molecule has 0 aromatic heterocycles. The highest BCUT2D eigenvalue weighted by Crippen LogP contribution is 2.26. The fraction of sp³-hybridized carbons (Fsp3) is 0.0714. The standard InChI is InChI=1S/C14H12BrClN2O/c1-8-3-2-4-12(17)13(8)14(19)18-9-5-6-10(15)11(16)7-9/h2-7H,17H2,1H3,(H,18,19). The molecular weight excluding hydrogens is 328 g/mol. The maximum atomic E-state index is 12.2. The van der Waals surface area contributed by atoms with E-state index in [0.717, 1.165) is 10.0 Å². The molecule has 0 aliphatic heterocycles. The van der Waals surface area contributed by atoms with Crippen LogP contribution in [0.15, 0.2) is 40.9 Å². The topological polar surface area (TPSA) is 55.1 Å². The summed E-state index contributed by atoms with van der Waals surface area (Å²) in [5.41, 5.74) is 8.24. The summed E-state index contributed by atoms with van der Waals surface area (Å²) in [6.45, 7) is 1.85. The van der Waals surface area contributed by atoms with Gasteiger partial charge in [0.05, 0.1) is 10.6 Å². The van der Waals surface area contributed by atoms with Crippen LogP contribution >= 0.6 is 27.5 Å². The number of hydrogen-bond donors (Lipinski definition) is 2. The lowest BCUT2D eigenvalue weighted by Crippen LogP contribution is -2.15. The molecule has 2 aromatic rings. The zero-order valence-corrected chi connectivity index (χ0v) is 12.5. The van der Waals surface area contributed by atoms with Crippen LogP contribution in [0.5, 0.6) is 0 Å². The average molecular weight is 340 g/mol. The summed E-state index contributed by atoms with van der Waals surface area (Å²) in [5, 5.41) is 3.32. The minimum atomic E-state index is -0.242. The fourth-order valence-corrected chi connectivity index (χ4v) is 2.20. The van der Waals surface area contributed by atoms with Crippen molar-refractivity contribution < 1.29 is 4.79 Å². The molecule has 0 aliphatic carbocycles. The van der Waals surface area contributed by atoms with Crippen molar-refractivity contribution in [3.63, 3.8) is 0 Å². The second-order valence-corrected chi connectivity index (χ2v) is 5.38. The lowest BCUT2D eigenvalue weighted by Gasteiger charge is -2.10. The van der Waals surface area contributed by atoms with Crippen LogP contribution in [0.1, 0.15) is 15.9 Å². The van der Waals surface area contributed by atoms with Gasteiger partial charge in [-0.25, -0.2) is 0 Å². The molecular formula is C14H12BrClN2O. The maximum Gasteiger partial charge on any atom is 0.258 e. The SMILES string of the molecule is Cc1cccc(N)c1C(=O)Nc1ccc(Br)c(Cl)c1. The van der Waals surface area contributed by atoms with Crippen LogP contribution in [0.3, 0.4) is 0 Å². The van der Waals surface area contributed by atoms with Crippen LogP contribution in [0, 0.1) is 6.92 Å². The molecule has 0 unspecified atom stereocenters. The summed E-state index contributed by atoms with van der Waals surface area (Å²) in [7, 11) is 0. The summed E-state index contributed by atoms with van der Waals surface area (Å²) < 4.78 is 0.780. The molecule has 0 fully saturated rings. The number of rotatable bonds is 2. The Balaban J connectivity index is 2.28. The van der Waals surface area contributed by atoms with Gasteiger partial charge in [-0.2, -0.15) is 0 Å². The number of aryl methyl sites for hydroxylation is 1. The third kappa shape index (κ3) is 3.08. The average Bonchev–Trinajstić information content (AvgIpc) is 2.33. The second kappa shape index (κ2) is 5.63. The molecule has 0 atom stereocenters. The predicted octanol–water partition coefficient (Wildman–Crippen LogP) is 4.25. The van der Waals surface area contributed by atoms with E-state index >= 15 is 0 Å². The summed E-state index contributed by atoms with van der Waals surface area (Å²) in [4.78, 5) is 12.2. The Morgan fingerprint density at radius 2 is 2.05 bits per heavy atom. The number of hydrogen-bond acceptors (Lipinski definition) is 2. The summed E-state index contributed by atoms with van der Waals surface area (Å²) in [6.07, 6.45) is 0. The summed E-state index contributed by atoms with van der Waals surface area (Å²) in [5.74, 6) is -0.242. The Morgan fingerprint density at radius 3 is 2.68 bits per heavy atom. The largest absolute Gasteiger partial charge is 0.398 e. The van der Waals surface area contributed by atoms with E-state index in [-0.39, 0.29) is 5.91 Å². The lowest BCUT2D eigenvalue weighted by atomic mass is 10.1. The van der Waals surface area contributed by atoms with Gasteiger partial charge in [0.15, 0.2) is 0 Å². The third-order valence-corrected chi connectivity index (χ3v) is 3.94. The molecule has 3 nitrogen and oxygen atoms in total. The van der Waals surface area contributed by atoms with Crippen molar-refractivity contribution >= 4 is 44.8 Å². The van der Waals surface area contributed by atoms with E-state index in [4.69, 9.17) is 17.3 Å². The normalized spacial score (nSPS) is 10.3. The van der Waals surface area contributed by atoms with Gasteiger partial charge in [-0.05, 0) is 52.7 Å². The first-order valence-electron chi connectivity index (χ1n) is 5.60. The number of benzene rings is 2. The number of amides is 1. The number of nitrogens with two attached hydrogens (primary N) is 1. The van der Waals surface area contributed by atoms with Gasteiger partial charge in [-0.15, -0.1) is 0 Å². The molecule has 0 aliphatic rings. The smallest absolute Gasteiger partial charge is 0.258 e. The molecule has 0 saturated carbocycles.